The van der Waals surface area contributed by atoms with Crippen LogP contribution in [0.2, 0.25) is 0 Å². The van der Waals surface area contributed by atoms with Gasteiger partial charge in [-0.1, -0.05) is 25.1 Å². The highest BCUT2D eigenvalue weighted by molar-refractivity contribution is 8.00. The largest absolute Gasteiger partial charge is 0.357 e. The van der Waals surface area contributed by atoms with Crippen molar-refractivity contribution in [3.8, 4) is 0 Å². The van der Waals surface area contributed by atoms with Crippen LogP contribution in [0.4, 0.5) is 0 Å². The van der Waals surface area contributed by atoms with Gasteiger partial charge >= 0.3 is 0 Å². The zero-order valence-electron chi connectivity index (χ0n) is 14.1. The summed E-state index contributed by atoms with van der Waals surface area (Å²) < 4.78 is 2.05. The number of nitrogens with one attached hydrogen (secondary N) is 2. The van der Waals surface area contributed by atoms with Gasteiger partial charge < -0.3 is 15.2 Å². The molecule has 0 aliphatic heterocycles. The third-order valence-electron chi connectivity index (χ3n) is 3.29. The first-order valence-corrected chi connectivity index (χ1v) is 8.90. The molecule has 2 rings (SSSR count). The summed E-state index contributed by atoms with van der Waals surface area (Å²) in [5.41, 5.74) is 1.22. The van der Waals surface area contributed by atoms with E-state index in [1.165, 1.54) is 10.5 Å². The van der Waals surface area contributed by atoms with Gasteiger partial charge in [0.15, 0.2) is 5.96 Å². The third kappa shape index (κ3) is 6.40. The zero-order valence-corrected chi connectivity index (χ0v) is 14.9. The first-order valence-electron chi connectivity index (χ1n) is 8.02. The van der Waals surface area contributed by atoms with Crippen LogP contribution in [0.25, 0.3) is 0 Å². The molecule has 1 atom stereocenters. The van der Waals surface area contributed by atoms with E-state index in [1.807, 2.05) is 35.6 Å². The summed E-state index contributed by atoms with van der Waals surface area (Å²) in [6.45, 7) is 6.74. The molecule has 0 aliphatic rings. The number of thioether (sulfide) groups is 1. The lowest BCUT2D eigenvalue weighted by Crippen LogP contribution is -2.40. The summed E-state index contributed by atoms with van der Waals surface area (Å²) >= 11 is 1.87. The third-order valence-corrected chi connectivity index (χ3v) is 4.41. The Morgan fingerprint density at radius 2 is 2.00 bits per heavy atom. The number of aliphatic imine (C=N–C) groups is 1. The molecule has 1 aromatic carbocycles. The molecule has 0 spiro atoms. The Morgan fingerprint density at radius 1 is 1.22 bits per heavy atom. The second-order valence-electron chi connectivity index (χ2n) is 5.50. The molecule has 4 nitrogen and oxygen atoms in total. The van der Waals surface area contributed by atoms with E-state index in [4.69, 9.17) is 0 Å². The van der Waals surface area contributed by atoms with Crippen molar-refractivity contribution in [3.05, 3.63) is 54.4 Å². The summed E-state index contributed by atoms with van der Waals surface area (Å²) in [4.78, 5) is 5.95. The van der Waals surface area contributed by atoms with Crippen LogP contribution in [0.1, 0.15) is 19.4 Å². The van der Waals surface area contributed by atoms with Gasteiger partial charge in [-0.3, -0.25) is 0 Å². The van der Waals surface area contributed by atoms with E-state index in [-0.39, 0.29) is 0 Å². The van der Waals surface area contributed by atoms with E-state index in [2.05, 4.69) is 66.0 Å². The van der Waals surface area contributed by atoms with E-state index in [0.29, 0.717) is 11.8 Å². The average Bonchev–Trinajstić information content (AvgIpc) is 2.96. The summed E-state index contributed by atoms with van der Waals surface area (Å²) in [5.74, 6) is 0.872. The lowest BCUT2D eigenvalue weighted by molar-refractivity contribution is 0.794. The van der Waals surface area contributed by atoms with Crippen molar-refractivity contribution in [2.24, 2.45) is 12.0 Å². The number of aryl methyl sites for hydroxylation is 1. The van der Waals surface area contributed by atoms with Crippen molar-refractivity contribution in [2.45, 2.75) is 30.5 Å². The van der Waals surface area contributed by atoms with Crippen molar-refractivity contribution in [3.63, 3.8) is 0 Å². The topological polar surface area (TPSA) is 41.4 Å². The van der Waals surface area contributed by atoms with E-state index in [0.717, 1.165) is 19.0 Å². The van der Waals surface area contributed by atoms with Gasteiger partial charge in [0.1, 0.15) is 0 Å². The molecule has 2 aromatic rings. The monoisotopic (exact) mass is 330 g/mol. The second kappa shape index (κ2) is 9.30. The molecule has 0 saturated carbocycles. The molecule has 0 bridgehead atoms. The van der Waals surface area contributed by atoms with Crippen molar-refractivity contribution in [1.82, 2.24) is 15.2 Å². The Morgan fingerprint density at radius 3 is 2.65 bits per heavy atom. The molecule has 1 aromatic heterocycles. The molecule has 0 fully saturated rings. The molecule has 2 N–H and O–H groups in total. The minimum atomic E-state index is 0.470. The maximum Gasteiger partial charge on any atom is 0.191 e. The number of hydrogen-bond donors (Lipinski definition) is 2. The number of rotatable bonds is 7. The van der Waals surface area contributed by atoms with Gasteiger partial charge in [-0.15, -0.1) is 11.8 Å². The first kappa shape index (κ1) is 17.5. The Bertz CT molecular complexity index is 606. The number of guanidine groups is 1. The summed E-state index contributed by atoms with van der Waals surface area (Å²) in [6, 6.07) is 12.6. The Labute approximate surface area is 143 Å². The van der Waals surface area contributed by atoms with Crippen molar-refractivity contribution in [2.75, 3.05) is 13.1 Å². The van der Waals surface area contributed by atoms with Crippen LogP contribution in [0.5, 0.6) is 0 Å². The predicted octanol–water partition coefficient (Wildman–Crippen LogP) is 3.26. The predicted molar refractivity (Wildman–Crippen MR) is 100.0 cm³/mol. The fourth-order valence-corrected chi connectivity index (χ4v) is 3.13. The highest BCUT2D eigenvalue weighted by atomic mass is 32.2. The van der Waals surface area contributed by atoms with E-state index >= 15 is 0 Å². The Kier molecular flexibility index (Phi) is 7.07. The second-order valence-corrected chi connectivity index (χ2v) is 7.01. The molecule has 124 valence electrons. The number of benzene rings is 1. The van der Waals surface area contributed by atoms with Gasteiger partial charge in [-0.2, -0.15) is 0 Å². The fourth-order valence-electron chi connectivity index (χ4n) is 2.18. The smallest absolute Gasteiger partial charge is 0.191 e. The van der Waals surface area contributed by atoms with Crippen molar-refractivity contribution >= 4 is 17.7 Å². The molecule has 5 heteroatoms. The zero-order chi connectivity index (χ0) is 16.5. The van der Waals surface area contributed by atoms with Gasteiger partial charge in [-0.05, 0) is 30.7 Å². The van der Waals surface area contributed by atoms with Crippen LogP contribution in [0, 0.1) is 0 Å². The molecular formula is C18H26N4S. The van der Waals surface area contributed by atoms with Crippen molar-refractivity contribution < 1.29 is 0 Å². The molecule has 0 radical (unpaired) electrons. The summed E-state index contributed by atoms with van der Waals surface area (Å²) in [6.07, 6.45) is 4.14. The molecule has 23 heavy (non-hydrogen) atoms. The lowest BCUT2D eigenvalue weighted by Gasteiger charge is -2.15. The van der Waals surface area contributed by atoms with E-state index in [1.54, 1.807) is 0 Å². The van der Waals surface area contributed by atoms with Gasteiger partial charge in [0.2, 0.25) is 0 Å². The minimum Gasteiger partial charge on any atom is -0.357 e. The van der Waals surface area contributed by atoms with Crippen LogP contribution in [-0.2, 0) is 13.6 Å². The van der Waals surface area contributed by atoms with Crippen molar-refractivity contribution in [1.29, 1.82) is 0 Å². The van der Waals surface area contributed by atoms with Gasteiger partial charge in [-0.25, -0.2) is 4.99 Å². The SMILES string of the molecule is CCNC(=NCc1ccn(C)c1)NCC(C)Sc1ccccc1. The van der Waals surface area contributed by atoms with E-state index < -0.39 is 0 Å². The van der Waals surface area contributed by atoms with Crippen LogP contribution < -0.4 is 10.6 Å². The van der Waals surface area contributed by atoms with Gasteiger partial charge in [0.25, 0.3) is 0 Å². The molecule has 1 heterocycles. The fraction of sp³-hybridized carbons (Fsp3) is 0.389. The highest BCUT2D eigenvalue weighted by Gasteiger charge is 2.06. The van der Waals surface area contributed by atoms with E-state index in [9.17, 15) is 0 Å². The van der Waals surface area contributed by atoms with Crippen LogP contribution in [0.3, 0.4) is 0 Å². The molecule has 0 aliphatic carbocycles. The maximum absolute atomic E-state index is 4.65. The standard InChI is InChI=1S/C18H26N4S/c1-4-19-18(21-13-16-10-11-22(3)14-16)20-12-15(2)23-17-8-6-5-7-9-17/h5-11,14-15H,4,12-13H2,1-3H3,(H2,19,20,21). The van der Waals surface area contributed by atoms with Crippen LogP contribution >= 0.6 is 11.8 Å². The summed E-state index contributed by atoms with van der Waals surface area (Å²) in [7, 11) is 2.03. The Hall–Kier alpha value is -1.88. The quantitative estimate of drug-likeness (QED) is 0.465. The van der Waals surface area contributed by atoms with Crippen LogP contribution in [-0.4, -0.2) is 28.9 Å². The molecule has 0 amide bonds. The van der Waals surface area contributed by atoms with Gasteiger partial charge in [0, 0.05) is 42.7 Å². The first-order chi connectivity index (χ1) is 11.2. The number of nitrogens with zero attached hydrogens (tertiary/aromatic N) is 2. The molecular weight excluding hydrogens is 304 g/mol. The maximum atomic E-state index is 4.65. The minimum absolute atomic E-state index is 0.470. The normalized spacial score (nSPS) is 12.9. The Balaban J connectivity index is 1.83. The average molecular weight is 331 g/mol. The number of aromatic nitrogens is 1. The highest BCUT2D eigenvalue weighted by Crippen LogP contribution is 2.21. The lowest BCUT2D eigenvalue weighted by atomic mass is 10.3. The van der Waals surface area contributed by atoms with Crippen LogP contribution in [0.15, 0.2) is 58.7 Å². The molecule has 0 saturated heterocycles. The molecule has 1 unspecified atom stereocenters. The summed E-state index contributed by atoms with van der Waals surface area (Å²) in [5, 5.41) is 7.20. The van der Waals surface area contributed by atoms with Gasteiger partial charge in [0.05, 0.1) is 6.54 Å². The number of hydrogen-bond acceptors (Lipinski definition) is 2.